The molecule has 104 heavy (non-hydrogen) atoms. The molecular weight excluding hydrogens is 1420 g/mol. The molecule has 3 aromatic carbocycles. The predicted molar refractivity (Wildman–Crippen MR) is 424 cm³/mol. The zero-order chi connectivity index (χ0) is 72.8. The molecule has 0 radical (unpaired) electrons. The predicted octanol–water partition coefficient (Wildman–Crippen LogP) is 21.6. The van der Waals surface area contributed by atoms with E-state index in [1.54, 1.807) is 6.20 Å². The molecule has 0 bridgehead atoms. The van der Waals surface area contributed by atoms with E-state index in [1.807, 2.05) is 97.1 Å². The lowest BCUT2D eigenvalue weighted by molar-refractivity contribution is -0.151. The highest BCUT2D eigenvalue weighted by Crippen LogP contribution is 2.72. The summed E-state index contributed by atoms with van der Waals surface area (Å²) in [4.78, 5) is 39.9. The molecule has 0 unspecified atom stereocenters. The average molecular weight is 1550 g/mol. The Bertz CT molecular complexity index is 4160. The normalized spacial score (nSPS) is 42.9. The second-order valence-corrected chi connectivity index (χ2v) is 40.6. The van der Waals surface area contributed by atoms with Gasteiger partial charge >= 0.3 is 0 Å². The summed E-state index contributed by atoms with van der Waals surface area (Å²) >= 11 is 21.5. The van der Waals surface area contributed by atoms with Crippen LogP contribution in [0.2, 0.25) is 15.1 Å². The molecule has 16 heteroatoms. The zero-order valence-corrected chi connectivity index (χ0v) is 67.0. The number of rotatable bonds is 8. The zero-order valence-electron chi connectivity index (χ0n) is 63.1. The number of hydrogen-bond donors (Lipinski definition) is 4. The fraction of sp³-hybridized carbons (Fsp3) is 0.727. The molecule has 3 aromatic heterocycles. The minimum absolute atomic E-state index is 0. The summed E-state index contributed by atoms with van der Waals surface area (Å²) < 4.78 is 3.68. The van der Waals surface area contributed by atoms with Crippen molar-refractivity contribution in [1.29, 1.82) is 0 Å². The Morgan fingerprint density at radius 3 is 1.33 bits per heavy atom. The molecule has 568 valence electrons. The van der Waals surface area contributed by atoms with Gasteiger partial charge in [-0.15, -0.1) is 0 Å². The Morgan fingerprint density at radius 2 is 0.865 bits per heavy atom. The first-order chi connectivity index (χ1) is 48.8. The molecule has 24 atom stereocenters. The van der Waals surface area contributed by atoms with Gasteiger partial charge in [-0.2, -0.15) is 15.3 Å². The second kappa shape index (κ2) is 28.6. The van der Waals surface area contributed by atoms with Crippen molar-refractivity contribution < 1.29 is 29.7 Å². The summed E-state index contributed by atoms with van der Waals surface area (Å²) in [6.45, 7) is 21.8. The lowest BCUT2D eigenvalue weighted by Crippen LogP contribution is -2.55. The molecule has 12 aliphatic rings. The number of hydrogen-bond acceptors (Lipinski definition) is 9. The SMILES string of the molecule is C.C[C@@]1(O)CC[C@@]2(C)[C@H](CC[C@@H]3[C@@H]2CC[C@]2(C)[C@@H](C(=O)CBr)CC[C@@H]32)C1.C[C@@]1(O)CC[C@@]2(C)[C@H](CC[C@@H]3[C@@H]2CC[C@]2(C)[C@@H](C(=O)Cn4cc5ccc(Cl)cc5n4)CC[C@@H]32)C1.C[C@@]1(O)CC[C@@]2(C)[C@H](CC[C@@H]3[C@@H]2CC[C@]2(C)[C@@H](C(=O)Cn4ncc5ccc(Cl)cc54)CC[C@@H]32)C1.Clc1ccc2cn[nH]c2c1. The molecule has 0 amide bonds. The van der Waals surface area contributed by atoms with E-state index in [1.165, 1.54) is 103 Å². The first-order valence-corrected chi connectivity index (χ1v) is 42.7. The highest BCUT2D eigenvalue weighted by molar-refractivity contribution is 9.09. The third kappa shape index (κ3) is 13.7. The van der Waals surface area contributed by atoms with Crippen molar-refractivity contribution in [2.24, 2.45) is 121 Å². The number of aliphatic hydroxyl groups is 3. The number of ketones is 3. The van der Waals surface area contributed by atoms with Crippen LogP contribution in [0.5, 0.6) is 0 Å². The van der Waals surface area contributed by atoms with Crippen molar-refractivity contribution >= 4 is 101 Å². The number of alkyl halides is 1. The van der Waals surface area contributed by atoms with Crippen molar-refractivity contribution in [2.45, 2.75) is 273 Å². The summed E-state index contributed by atoms with van der Waals surface area (Å²) in [5, 5.41) is 53.7. The average Bonchev–Trinajstić information content (AvgIpc) is 1.36. The number of Topliss-reactive ketones (excluding diaryl/α,β-unsaturated/α-hetero) is 3. The minimum Gasteiger partial charge on any atom is -0.390 e. The second-order valence-electron chi connectivity index (χ2n) is 38.8. The maximum Gasteiger partial charge on any atom is 0.157 e. The van der Waals surface area contributed by atoms with E-state index in [4.69, 9.17) is 34.8 Å². The van der Waals surface area contributed by atoms with Gasteiger partial charge in [-0.3, -0.25) is 28.8 Å². The van der Waals surface area contributed by atoms with Gasteiger partial charge in [-0.1, -0.05) is 99.7 Å². The summed E-state index contributed by atoms with van der Waals surface area (Å²) in [5.41, 5.74) is 3.01. The number of aromatic amines is 1. The van der Waals surface area contributed by atoms with E-state index in [0.29, 0.717) is 91.6 Å². The summed E-state index contributed by atoms with van der Waals surface area (Å²) in [6.07, 6.45) is 36.8. The van der Waals surface area contributed by atoms with Crippen LogP contribution in [0.25, 0.3) is 32.7 Å². The Kier molecular flexibility index (Phi) is 21.2. The molecular formula is C88H122BrCl3N6O6. The Morgan fingerprint density at radius 1 is 0.462 bits per heavy atom. The van der Waals surface area contributed by atoms with Crippen molar-refractivity contribution in [3.05, 3.63) is 88.3 Å². The maximum absolute atomic E-state index is 13.7. The van der Waals surface area contributed by atoms with Gasteiger partial charge in [0.1, 0.15) is 12.3 Å². The summed E-state index contributed by atoms with van der Waals surface area (Å²) in [7, 11) is 0. The van der Waals surface area contributed by atoms with Gasteiger partial charge in [0.05, 0.1) is 57.6 Å². The molecule has 12 saturated carbocycles. The number of nitrogens with zero attached hydrogens (tertiary/aromatic N) is 5. The minimum atomic E-state index is -0.480. The molecule has 3 heterocycles. The largest absolute Gasteiger partial charge is 0.390 e. The van der Waals surface area contributed by atoms with Crippen molar-refractivity contribution in [3.63, 3.8) is 0 Å². The monoisotopic (exact) mass is 1540 g/mol. The van der Waals surface area contributed by atoms with Crippen LogP contribution in [0.1, 0.15) is 243 Å². The van der Waals surface area contributed by atoms with E-state index in [2.05, 4.69) is 77.9 Å². The molecule has 0 saturated heterocycles. The number of aromatic nitrogens is 6. The summed E-state index contributed by atoms with van der Waals surface area (Å²) in [5.74, 6) is 10.4. The number of halogens is 4. The maximum atomic E-state index is 13.7. The van der Waals surface area contributed by atoms with Gasteiger partial charge in [0.25, 0.3) is 0 Å². The standard InChI is InChI=1S/2C29H39ClN2O2.C22H35BrO2.C7H5ClN2.CH4/c1-27(34)12-13-28(2)19(15-27)5-7-21-22-8-9-24(29(22,3)11-10-23(21)28)26(33)17-32-16-18-4-6-20(30)14-25(18)31-32;1-27(34)12-13-28(2)19(15-27)5-7-21-22-8-9-24(29(22,3)11-10-23(21)28)26(33)17-32-25-14-20(30)6-4-18(25)16-31-32;1-20(25)10-11-21(2)14(12-20)4-5-15-16-6-7-18(19(24)13-23)22(16,3)9-8-17(15)21;8-6-2-1-5-4-9-10-7(5)3-6;/h2*4,6,14,16,19,21-24,34H,5,7-13,15,17H2,1-3H3;14-18,25H,4-13H2,1-3H3;1-4H,(H,9,10);1H4/t2*19-,21+,22+,23+,24-,27-,28+,29+;14-,15+,16+,17+,18-,20-,21+,22+;;/m111../s1. The number of nitrogens with one attached hydrogen (secondary N) is 1. The fourth-order valence-corrected chi connectivity index (χ4v) is 28.6. The van der Waals surface area contributed by atoms with Crippen molar-refractivity contribution in [2.75, 3.05) is 5.33 Å². The van der Waals surface area contributed by atoms with E-state index in [9.17, 15) is 29.7 Å². The molecule has 12 nitrogen and oxygen atoms in total. The third-order valence-corrected chi connectivity index (χ3v) is 34.6. The first kappa shape index (κ1) is 77.1. The van der Waals surface area contributed by atoms with E-state index in [0.717, 1.165) is 150 Å². The van der Waals surface area contributed by atoms with Crippen LogP contribution in [-0.2, 0) is 27.5 Å². The Labute approximate surface area is 643 Å². The topological polar surface area (TPSA) is 176 Å². The van der Waals surface area contributed by atoms with E-state index < -0.39 is 16.8 Å². The number of carbonyl (C=O) groups excluding carboxylic acids is 3. The van der Waals surface area contributed by atoms with Crippen LogP contribution < -0.4 is 0 Å². The molecule has 0 spiro atoms. The van der Waals surface area contributed by atoms with Crippen LogP contribution in [0.15, 0.2) is 73.2 Å². The van der Waals surface area contributed by atoms with Crippen LogP contribution in [0, 0.1) is 121 Å². The van der Waals surface area contributed by atoms with Crippen LogP contribution in [-0.4, -0.2) is 84.6 Å². The quantitative estimate of drug-likeness (QED) is 0.108. The highest BCUT2D eigenvalue weighted by atomic mass is 79.9. The molecule has 18 rings (SSSR count). The lowest BCUT2D eigenvalue weighted by Gasteiger charge is -2.61. The van der Waals surface area contributed by atoms with Crippen molar-refractivity contribution in [3.8, 4) is 0 Å². The van der Waals surface area contributed by atoms with Gasteiger partial charge in [-0.05, 0) is 352 Å². The van der Waals surface area contributed by atoms with Gasteiger partial charge < -0.3 is 15.3 Å². The smallest absolute Gasteiger partial charge is 0.157 e. The Balaban J connectivity index is 0.000000124. The van der Waals surface area contributed by atoms with Gasteiger partial charge in [0, 0.05) is 55.2 Å². The molecule has 12 aliphatic carbocycles. The molecule has 0 aliphatic heterocycles. The highest BCUT2D eigenvalue weighted by Gasteiger charge is 2.65. The first-order valence-electron chi connectivity index (χ1n) is 40.4. The number of carbonyl (C=O) groups is 3. The number of fused-ring (bicyclic) bond motifs is 18. The molecule has 4 N–H and O–H groups in total. The number of H-pyrrole nitrogens is 1. The van der Waals surface area contributed by atoms with Crippen molar-refractivity contribution in [1.82, 2.24) is 29.8 Å². The summed E-state index contributed by atoms with van der Waals surface area (Å²) in [6, 6.07) is 17.1. The number of benzene rings is 3. The van der Waals surface area contributed by atoms with Crippen LogP contribution in [0.4, 0.5) is 0 Å². The Hall–Kier alpha value is -3.69. The lowest BCUT2D eigenvalue weighted by atomic mass is 9.44. The van der Waals surface area contributed by atoms with Crippen LogP contribution >= 0.6 is 50.7 Å². The van der Waals surface area contributed by atoms with E-state index in [-0.39, 0.29) is 41.4 Å². The fourth-order valence-electron chi connectivity index (χ4n) is 27.7. The molecule has 6 aromatic rings. The van der Waals surface area contributed by atoms with Gasteiger partial charge in [0.2, 0.25) is 0 Å². The van der Waals surface area contributed by atoms with Gasteiger partial charge in [-0.25, -0.2) is 0 Å². The molecule has 12 fully saturated rings. The van der Waals surface area contributed by atoms with Gasteiger partial charge in [0.15, 0.2) is 11.6 Å². The van der Waals surface area contributed by atoms with Crippen LogP contribution in [0.3, 0.4) is 0 Å². The van der Waals surface area contributed by atoms with E-state index >= 15 is 0 Å². The third-order valence-electron chi connectivity index (χ3n) is 33.3.